The van der Waals surface area contributed by atoms with Crippen LogP contribution in [-0.2, 0) is 17.9 Å². The molecule has 2 aliphatic heterocycles. The molecule has 1 amide bonds. The van der Waals surface area contributed by atoms with Crippen molar-refractivity contribution in [3.63, 3.8) is 0 Å². The normalized spacial score (nSPS) is 19.2. The van der Waals surface area contributed by atoms with Crippen molar-refractivity contribution in [3.8, 4) is 0 Å². The molecule has 28 heavy (non-hydrogen) atoms. The summed E-state index contributed by atoms with van der Waals surface area (Å²) in [6.45, 7) is 8.58. The first-order valence-electron chi connectivity index (χ1n) is 10.5. The van der Waals surface area contributed by atoms with Gasteiger partial charge in [-0.05, 0) is 74.8 Å². The third-order valence-electron chi connectivity index (χ3n) is 6.06. The summed E-state index contributed by atoms with van der Waals surface area (Å²) in [5.74, 6) is 1.36. The van der Waals surface area contributed by atoms with Crippen molar-refractivity contribution in [1.29, 1.82) is 0 Å². The summed E-state index contributed by atoms with van der Waals surface area (Å²) in [6.07, 6.45) is 7.10. The van der Waals surface area contributed by atoms with Gasteiger partial charge in [0.25, 0.3) is 0 Å². The lowest BCUT2D eigenvalue weighted by Gasteiger charge is -2.27. The van der Waals surface area contributed by atoms with Crippen LogP contribution in [0.2, 0.25) is 0 Å². The van der Waals surface area contributed by atoms with E-state index in [9.17, 15) is 4.79 Å². The minimum atomic E-state index is 0. The molecular weight excluding hydrogens is 393 g/mol. The highest BCUT2D eigenvalue weighted by molar-refractivity contribution is 5.85. The van der Waals surface area contributed by atoms with E-state index in [1.807, 2.05) is 0 Å². The molecule has 2 aliphatic rings. The molecule has 2 N–H and O–H groups in total. The van der Waals surface area contributed by atoms with Gasteiger partial charge in [-0.1, -0.05) is 37.6 Å². The van der Waals surface area contributed by atoms with E-state index in [4.69, 9.17) is 0 Å². The standard InChI is InChI=1S/C22H35N3O.2ClH/c1-18(21-9-11-23-12-10-21)15-22(26)24-16-19-5-7-20(8-6-19)17-25-13-3-2-4-14-25;;/h5-8,18,21,23H,2-4,9-17H2,1H3,(H,24,26);2*1H. The molecule has 2 heterocycles. The maximum Gasteiger partial charge on any atom is 0.220 e. The van der Waals surface area contributed by atoms with Gasteiger partial charge in [-0.15, -0.1) is 24.8 Å². The van der Waals surface area contributed by atoms with E-state index in [0.29, 0.717) is 24.8 Å². The third-order valence-corrected chi connectivity index (χ3v) is 6.06. The van der Waals surface area contributed by atoms with E-state index in [1.54, 1.807) is 0 Å². The van der Waals surface area contributed by atoms with Gasteiger partial charge in [0, 0.05) is 19.5 Å². The van der Waals surface area contributed by atoms with Crippen LogP contribution < -0.4 is 10.6 Å². The van der Waals surface area contributed by atoms with Crippen LogP contribution in [0.3, 0.4) is 0 Å². The molecule has 2 fully saturated rings. The van der Waals surface area contributed by atoms with Gasteiger partial charge in [-0.25, -0.2) is 0 Å². The van der Waals surface area contributed by atoms with Crippen LogP contribution in [0.1, 0.15) is 56.6 Å². The molecular formula is C22H37Cl2N3O. The number of carbonyl (C=O) groups is 1. The van der Waals surface area contributed by atoms with Crippen LogP contribution in [0.25, 0.3) is 0 Å². The molecule has 0 spiro atoms. The quantitative estimate of drug-likeness (QED) is 0.683. The number of benzene rings is 1. The predicted molar refractivity (Wildman–Crippen MR) is 121 cm³/mol. The number of carbonyl (C=O) groups excluding carboxylic acids is 1. The van der Waals surface area contributed by atoms with E-state index in [0.717, 1.165) is 19.6 Å². The lowest BCUT2D eigenvalue weighted by molar-refractivity contribution is -0.122. The largest absolute Gasteiger partial charge is 0.352 e. The van der Waals surface area contributed by atoms with Gasteiger partial charge in [0.1, 0.15) is 0 Å². The summed E-state index contributed by atoms with van der Waals surface area (Å²) in [7, 11) is 0. The molecule has 160 valence electrons. The second-order valence-corrected chi connectivity index (χ2v) is 8.20. The highest BCUT2D eigenvalue weighted by atomic mass is 35.5. The van der Waals surface area contributed by atoms with E-state index >= 15 is 0 Å². The Morgan fingerprint density at radius 3 is 2.32 bits per heavy atom. The smallest absolute Gasteiger partial charge is 0.220 e. The Kier molecular flexibility index (Phi) is 12.1. The van der Waals surface area contributed by atoms with Crippen molar-refractivity contribution in [1.82, 2.24) is 15.5 Å². The zero-order valence-electron chi connectivity index (χ0n) is 17.1. The molecule has 6 heteroatoms. The number of hydrogen-bond acceptors (Lipinski definition) is 3. The fraction of sp³-hybridized carbons (Fsp3) is 0.682. The van der Waals surface area contributed by atoms with Crippen LogP contribution in [0.5, 0.6) is 0 Å². The number of piperidine rings is 2. The van der Waals surface area contributed by atoms with Crippen LogP contribution >= 0.6 is 24.8 Å². The molecule has 2 saturated heterocycles. The second-order valence-electron chi connectivity index (χ2n) is 8.20. The number of halogens is 2. The number of nitrogens with one attached hydrogen (secondary N) is 2. The summed E-state index contributed by atoms with van der Waals surface area (Å²) >= 11 is 0. The van der Waals surface area contributed by atoms with Crippen molar-refractivity contribution in [2.24, 2.45) is 11.8 Å². The Bertz CT molecular complexity index is 555. The maximum absolute atomic E-state index is 12.3. The van der Waals surface area contributed by atoms with Crippen LogP contribution in [-0.4, -0.2) is 37.0 Å². The molecule has 1 unspecified atom stereocenters. The van der Waals surface area contributed by atoms with Crippen LogP contribution in [0, 0.1) is 11.8 Å². The average molecular weight is 430 g/mol. The zero-order valence-corrected chi connectivity index (χ0v) is 18.8. The van der Waals surface area contributed by atoms with Gasteiger partial charge in [0.15, 0.2) is 0 Å². The first-order chi connectivity index (χ1) is 12.7. The Labute approximate surface area is 183 Å². The first-order valence-corrected chi connectivity index (χ1v) is 10.5. The van der Waals surface area contributed by atoms with E-state index in [2.05, 4.69) is 46.7 Å². The minimum Gasteiger partial charge on any atom is -0.352 e. The second kappa shape index (κ2) is 13.4. The Balaban J connectivity index is 0.00000196. The molecule has 0 radical (unpaired) electrons. The summed E-state index contributed by atoms with van der Waals surface area (Å²) in [5, 5.41) is 6.50. The van der Waals surface area contributed by atoms with Crippen molar-refractivity contribution in [2.45, 2.75) is 58.5 Å². The topological polar surface area (TPSA) is 44.4 Å². The van der Waals surface area contributed by atoms with Gasteiger partial charge in [0.2, 0.25) is 5.91 Å². The summed E-state index contributed by atoms with van der Waals surface area (Å²) in [6, 6.07) is 8.76. The SMILES string of the molecule is CC(CC(=O)NCc1ccc(CN2CCCCC2)cc1)C1CCNCC1.Cl.Cl. The van der Waals surface area contributed by atoms with E-state index in [-0.39, 0.29) is 30.7 Å². The Morgan fingerprint density at radius 2 is 1.68 bits per heavy atom. The Morgan fingerprint density at radius 1 is 1.07 bits per heavy atom. The monoisotopic (exact) mass is 429 g/mol. The van der Waals surface area contributed by atoms with Gasteiger partial charge in [-0.3, -0.25) is 9.69 Å². The first kappa shape index (κ1) is 25.2. The molecule has 4 nitrogen and oxygen atoms in total. The summed E-state index contributed by atoms with van der Waals surface area (Å²) in [5.41, 5.74) is 2.57. The highest BCUT2D eigenvalue weighted by Crippen LogP contribution is 2.24. The van der Waals surface area contributed by atoms with E-state index < -0.39 is 0 Å². The molecule has 1 aromatic rings. The van der Waals surface area contributed by atoms with Crippen molar-refractivity contribution in [3.05, 3.63) is 35.4 Å². The third kappa shape index (κ3) is 8.28. The van der Waals surface area contributed by atoms with Gasteiger partial charge >= 0.3 is 0 Å². The number of hydrogen-bond donors (Lipinski definition) is 2. The van der Waals surface area contributed by atoms with Crippen molar-refractivity contribution in [2.75, 3.05) is 26.2 Å². The molecule has 1 atom stereocenters. The zero-order chi connectivity index (χ0) is 18.2. The molecule has 0 bridgehead atoms. The highest BCUT2D eigenvalue weighted by Gasteiger charge is 2.21. The molecule has 0 aromatic heterocycles. The summed E-state index contributed by atoms with van der Waals surface area (Å²) < 4.78 is 0. The lowest BCUT2D eigenvalue weighted by Crippen LogP contribution is -2.33. The fourth-order valence-electron chi connectivity index (χ4n) is 4.28. The average Bonchev–Trinajstić information content (AvgIpc) is 2.69. The maximum atomic E-state index is 12.3. The van der Waals surface area contributed by atoms with Gasteiger partial charge in [0.05, 0.1) is 0 Å². The molecule has 3 rings (SSSR count). The number of likely N-dealkylation sites (tertiary alicyclic amines) is 1. The van der Waals surface area contributed by atoms with Gasteiger partial charge < -0.3 is 10.6 Å². The number of amides is 1. The van der Waals surface area contributed by atoms with E-state index in [1.165, 1.54) is 56.3 Å². The van der Waals surface area contributed by atoms with Crippen LogP contribution in [0.15, 0.2) is 24.3 Å². The Hall–Kier alpha value is -0.810. The van der Waals surface area contributed by atoms with Crippen molar-refractivity contribution < 1.29 is 4.79 Å². The number of rotatable bonds is 7. The van der Waals surface area contributed by atoms with Crippen molar-refractivity contribution >= 4 is 30.7 Å². The number of nitrogens with zero attached hydrogens (tertiary/aromatic N) is 1. The fourth-order valence-corrected chi connectivity index (χ4v) is 4.28. The lowest BCUT2D eigenvalue weighted by atomic mass is 9.84. The summed E-state index contributed by atoms with van der Waals surface area (Å²) in [4.78, 5) is 14.8. The molecule has 1 aromatic carbocycles. The van der Waals surface area contributed by atoms with Gasteiger partial charge in [-0.2, -0.15) is 0 Å². The van der Waals surface area contributed by atoms with Crippen LogP contribution in [0.4, 0.5) is 0 Å². The molecule has 0 aliphatic carbocycles. The minimum absolute atomic E-state index is 0. The molecule has 0 saturated carbocycles. The predicted octanol–water partition coefficient (Wildman–Crippen LogP) is 4.16.